The summed E-state index contributed by atoms with van der Waals surface area (Å²) < 4.78 is 14.2. The molecule has 0 unspecified atom stereocenters. The normalized spacial score (nSPS) is 12.0. The highest BCUT2D eigenvalue weighted by molar-refractivity contribution is 6.11. The highest BCUT2D eigenvalue weighted by Gasteiger charge is 2.22. The van der Waals surface area contributed by atoms with Crippen LogP contribution in [-0.2, 0) is 6.42 Å². The lowest BCUT2D eigenvalue weighted by Gasteiger charge is -2.12. The van der Waals surface area contributed by atoms with Gasteiger partial charge in [0.05, 0.1) is 18.1 Å². The lowest BCUT2D eigenvalue weighted by Crippen LogP contribution is -1.95. The van der Waals surface area contributed by atoms with E-state index in [0.717, 1.165) is 39.7 Å². The Kier molecular flexibility index (Phi) is 8.50. The van der Waals surface area contributed by atoms with E-state index in [1.807, 2.05) is 12.1 Å². The van der Waals surface area contributed by atoms with Gasteiger partial charge >= 0.3 is 0 Å². The van der Waals surface area contributed by atoms with Gasteiger partial charge in [-0.05, 0) is 163 Å². The Balaban J connectivity index is 0.834. The van der Waals surface area contributed by atoms with E-state index in [0.29, 0.717) is 0 Å². The summed E-state index contributed by atoms with van der Waals surface area (Å²) in [6, 6.07) is 79.4. The maximum Gasteiger partial charge on any atom is 0.135 e. The number of para-hydroxylation sites is 1. The molecule has 0 saturated heterocycles. The van der Waals surface area contributed by atoms with Crippen LogP contribution in [0.3, 0.4) is 0 Å². The number of rotatable bonds is 7. The van der Waals surface area contributed by atoms with E-state index in [2.05, 4.69) is 211 Å². The van der Waals surface area contributed by atoms with Crippen LogP contribution >= 0.6 is 0 Å². The fourth-order valence-electron chi connectivity index (χ4n) is 10.2. The van der Waals surface area contributed by atoms with Crippen molar-refractivity contribution in [2.75, 3.05) is 7.11 Å². The molecule has 2 aromatic heterocycles. The number of hydrogen-bond donors (Lipinski definition) is 0. The second kappa shape index (κ2) is 14.9. The minimum Gasteiger partial charge on any atom is -0.497 e. The fraction of sp³-hybridized carbons (Fsp3) is 0.0323. The Morgan fingerprint density at radius 2 is 0.831 bits per heavy atom. The van der Waals surface area contributed by atoms with Crippen LogP contribution in [0.2, 0.25) is 0 Å². The standard InChI is InChI=1S/C62H41NO2/c1-64-52-27-21-41(22-28-52)40-14-16-42(17-15-40)43-10-7-11-44(32-43)47-24-30-61-57(36-47)58-37-48(25-31-62(58)65-61)46-18-19-49-33-50-20-26-51(38-55(50)54(49)34-46)63-59-13-6-5-12-53(59)56-35-45(23-29-60(56)63)39-8-3-2-4-9-39/h2-32,34-38H,33H2,1H3. The van der Waals surface area contributed by atoms with Gasteiger partial charge in [-0.15, -0.1) is 0 Å². The summed E-state index contributed by atoms with van der Waals surface area (Å²) in [4.78, 5) is 0. The number of ether oxygens (including phenoxy) is 1. The average molecular weight is 832 g/mol. The van der Waals surface area contributed by atoms with Gasteiger partial charge in [-0.2, -0.15) is 0 Å². The zero-order chi connectivity index (χ0) is 43.0. The molecule has 0 saturated carbocycles. The van der Waals surface area contributed by atoms with Gasteiger partial charge < -0.3 is 13.7 Å². The van der Waals surface area contributed by atoms with Crippen LogP contribution in [-0.4, -0.2) is 11.7 Å². The van der Waals surface area contributed by atoms with Crippen LogP contribution in [0.25, 0.3) is 116 Å². The van der Waals surface area contributed by atoms with Crippen LogP contribution < -0.4 is 4.74 Å². The molecule has 12 aromatic rings. The smallest absolute Gasteiger partial charge is 0.135 e. The van der Waals surface area contributed by atoms with Crippen molar-refractivity contribution in [1.29, 1.82) is 0 Å². The molecular weight excluding hydrogens is 791 g/mol. The van der Waals surface area contributed by atoms with Crippen LogP contribution in [0, 0.1) is 0 Å². The quantitative estimate of drug-likeness (QED) is 0.160. The Morgan fingerprint density at radius 3 is 1.55 bits per heavy atom. The molecule has 3 heteroatoms. The van der Waals surface area contributed by atoms with Crippen molar-refractivity contribution in [2.24, 2.45) is 0 Å². The molecule has 0 atom stereocenters. The highest BCUT2D eigenvalue weighted by Crippen LogP contribution is 2.43. The third kappa shape index (κ3) is 6.27. The van der Waals surface area contributed by atoms with Crippen molar-refractivity contribution >= 4 is 43.7 Å². The lowest BCUT2D eigenvalue weighted by molar-refractivity contribution is 0.415. The van der Waals surface area contributed by atoms with E-state index >= 15 is 0 Å². The summed E-state index contributed by atoms with van der Waals surface area (Å²) in [6.07, 6.45) is 0.934. The molecule has 0 bridgehead atoms. The van der Waals surface area contributed by atoms with Crippen molar-refractivity contribution in [3.05, 3.63) is 230 Å². The number of furan rings is 1. The molecule has 10 aromatic carbocycles. The molecule has 306 valence electrons. The molecule has 0 N–H and O–H groups in total. The zero-order valence-electron chi connectivity index (χ0n) is 35.8. The molecule has 3 nitrogen and oxygen atoms in total. The van der Waals surface area contributed by atoms with Gasteiger partial charge in [0.25, 0.3) is 0 Å². The fourth-order valence-corrected chi connectivity index (χ4v) is 10.2. The van der Waals surface area contributed by atoms with Crippen molar-refractivity contribution in [3.63, 3.8) is 0 Å². The monoisotopic (exact) mass is 831 g/mol. The number of aromatic nitrogens is 1. The molecule has 13 rings (SSSR count). The van der Waals surface area contributed by atoms with Crippen molar-refractivity contribution in [2.45, 2.75) is 6.42 Å². The second-order valence-corrected chi connectivity index (χ2v) is 17.3. The molecule has 2 heterocycles. The van der Waals surface area contributed by atoms with Crippen LogP contribution in [0.4, 0.5) is 0 Å². The minimum atomic E-state index is 0.861. The number of nitrogens with zero attached hydrogens (tertiary/aromatic N) is 1. The number of fused-ring (bicyclic) bond motifs is 9. The maximum atomic E-state index is 6.44. The maximum absolute atomic E-state index is 6.44. The summed E-state index contributed by atoms with van der Waals surface area (Å²) in [7, 11) is 1.70. The molecule has 0 amide bonds. The first kappa shape index (κ1) is 37.2. The molecule has 0 aliphatic heterocycles. The van der Waals surface area contributed by atoms with Crippen LogP contribution in [0.15, 0.2) is 223 Å². The minimum absolute atomic E-state index is 0.861. The number of hydrogen-bond acceptors (Lipinski definition) is 2. The Labute approximate surface area is 377 Å². The Hall–Kier alpha value is -8.40. The van der Waals surface area contributed by atoms with E-state index < -0.39 is 0 Å². The van der Waals surface area contributed by atoms with E-state index in [-0.39, 0.29) is 0 Å². The average Bonchev–Trinajstić information content (AvgIpc) is 4.05. The van der Waals surface area contributed by atoms with E-state index in [1.54, 1.807) is 7.11 Å². The Bertz CT molecular complexity index is 3820. The predicted octanol–water partition coefficient (Wildman–Crippen LogP) is 16.6. The zero-order valence-corrected chi connectivity index (χ0v) is 35.8. The molecule has 65 heavy (non-hydrogen) atoms. The third-order valence-corrected chi connectivity index (χ3v) is 13.6. The van der Waals surface area contributed by atoms with Gasteiger partial charge in [0.2, 0.25) is 0 Å². The molecular formula is C62H41NO2. The number of methoxy groups -OCH3 is 1. The highest BCUT2D eigenvalue weighted by atomic mass is 16.5. The first-order valence-corrected chi connectivity index (χ1v) is 22.3. The van der Waals surface area contributed by atoms with Gasteiger partial charge in [-0.1, -0.05) is 140 Å². The summed E-state index contributed by atoms with van der Waals surface area (Å²) in [5.74, 6) is 0.861. The second-order valence-electron chi connectivity index (χ2n) is 17.3. The van der Waals surface area contributed by atoms with Crippen molar-refractivity contribution in [1.82, 2.24) is 4.57 Å². The van der Waals surface area contributed by atoms with Gasteiger partial charge in [0.15, 0.2) is 0 Å². The van der Waals surface area contributed by atoms with Crippen LogP contribution in [0.5, 0.6) is 5.75 Å². The van der Waals surface area contributed by atoms with E-state index in [4.69, 9.17) is 9.15 Å². The van der Waals surface area contributed by atoms with Gasteiger partial charge in [0.1, 0.15) is 16.9 Å². The third-order valence-electron chi connectivity index (χ3n) is 13.6. The molecule has 1 aliphatic rings. The summed E-state index contributed by atoms with van der Waals surface area (Å²) in [5, 5.41) is 4.76. The van der Waals surface area contributed by atoms with Gasteiger partial charge in [-0.3, -0.25) is 0 Å². The topological polar surface area (TPSA) is 27.3 Å². The molecule has 1 aliphatic carbocycles. The SMILES string of the molecule is COc1ccc(-c2ccc(-c3cccc(-c4ccc5oc6ccc(-c7ccc8c(c7)-c7cc(-n9c%10ccccc%10c%10cc(-c%11ccccc%11)ccc%109)ccc7C8)cc6c5c4)c3)cc2)cc1. The van der Waals surface area contributed by atoms with Crippen molar-refractivity contribution in [3.8, 4) is 78.2 Å². The van der Waals surface area contributed by atoms with E-state index in [1.165, 1.54) is 99.8 Å². The van der Waals surface area contributed by atoms with Gasteiger partial charge in [-0.25, -0.2) is 0 Å². The number of benzene rings is 10. The molecule has 0 spiro atoms. The molecule has 0 radical (unpaired) electrons. The Morgan fingerprint density at radius 1 is 0.354 bits per heavy atom. The first-order chi connectivity index (χ1) is 32.1. The lowest BCUT2D eigenvalue weighted by atomic mass is 9.95. The first-order valence-electron chi connectivity index (χ1n) is 22.3. The summed E-state index contributed by atoms with van der Waals surface area (Å²) >= 11 is 0. The summed E-state index contributed by atoms with van der Waals surface area (Å²) in [6.45, 7) is 0. The predicted molar refractivity (Wildman–Crippen MR) is 270 cm³/mol. The van der Waals surface area contributed by atoms with Crippen molar-refractivity contribution < 1.29 is 9.15 Å². The summed E-state index contributed by atoms with van der Waals surface area (Å²) in [5.41, 5.74) is 22.6. The largest absolute Gasteiger partial charge is 0.497 e. The van der Waals surface area contributed by atoms with E-state index in [9.17, 15) is 0 Å². The molecule has 0 fully saturated rings. The van der Waals surface area contributed by atoms with Gasteiger partial charge in [0, 0.05) is 27.2 Å². The van der Waals surface area contributed by atoms with Crippen LogP contribution in [0.1, 0.15) is 11.1 Å².